The van der Waals surface area contributed by atoms with Crippen molar-refractivity contribution in [2.75, 3.05) is 23.7 Å². The Morgan fingerprint density at radius 3 is 2.26 bits per heavy atom. The zero-order valence-electron chi connectivity index (χ0n) is 20.6. The molecule has 2 aromatic rings. The SMILES string of the molecule is CCCCNC(=O)[C@H](CC)N(Cc1cccc(C)c1)C(=O)CN(c1cc(Cl)cc(Cl)c1)S(C)(=O)=O. The molecule has 0 heterocycles. The predicted octanol–water partition coefficient (Wildman–Crippen LogP) is 4.79. The van der Waals surface area contributed by atoms with Crippen LogP contribution < -0.4 is 9.62 Å². The van der Waals surface area contributed by atoms with E-state index in [4.69, 9.17) is 23.2 Å². The van der Waals surface area contributed by atoms with Gasteiger partial charge in [-0.05, 0) is 43.5 Å². The lowest BCUT2D eigenvalue weighted by atomic mass is 10.1. The fourth-order valence-electron chi connectivity index (χ4n) is 3.73. The van der Waals surface area contributed by atoms with Crippen molar-refractivity contribution in [3.05, 3.63) is 63.6 Å². The van der Waals surface area contributed by atoms with Crippen molar-refractivity contribution >= 4 is 50.7 Å². The number of sulfonamides is 1. The molecule has 192 valence electrons. The van der Waals surface area contributed by atoms with Crippen LogP contribution in [0.1, 0.15) is 44.2 Å². The standard InChI is InChI=1S/C25H33Cl2N3O4S/c1-5-7-11-28-25(32)23(6-2)29(16-19-10-8-9-18(3)12-19)24(31)17-30(35(4,33)34)22-14-20(26)13-21(27)15-22/h8-10,12-15,23H,5-7,11,16-17H2,1-4H3,(H,28,32)/t23-/m0/s1. The maximum absolute atomic E-state index is 13.6. The number of benzene rings is 2. The lowest BCUT2D eigenvalue weighted by Crippen LogP contribution is -2.52. The van der Waals surface area contributed by atoms with Gasteiger partial charge in [-0.1, -0.05) is 73.3 Å². The van der Waals surface area contributed by atoms with Gasteiger partial charge in [0.05, 0.1) is 11.9 Å². The molecule has 1 atom stereocenters. The van der Waals surface area contributed by atoms with Crippen molar-refractivity contribution < 1.29 is 18.0 Å². The summed E-state index contributed by atoms with van der Waals surface area (Å²) in [7, 11) is -3.86. The molecule has 0 saturated heterocycles. The lowest BCUT2D eigenvalue weighted by molar-refractivity contribution is -0.140. The first kappa shape index (κ1) is 28.9. The summed E-state index contributed by atoms with van der Waals surface area (Å²) in [6.45, 7) is 5.96. The normalized spacial score (nSPS) is 12.2. The molecule has 1 N–H and O–H groups in total. The van der Waals surface area contributed by atoms with Crippen LogP contribution in [0.25, 0.3) is 0 Å². The average molecular weight is 543 g/mol. The van der Waals surface area contributed by atoms with Gasteiger partial charge in [0, 0.05) is 23.1 Å². The number of carbonyl (C=O) groups excluding carboxylic acids is 2. The fourth-order valence-corrected chi connectivity index (χ4v) is 5.08. The molecular formula is C25H33Cl2N3O4S. The quantitative estimate of drug-likeness (QED) is 0.391. The van der Waals surface area contributed by atoms with Crippen LogP contribution in [0.15, 0.2) is 42.5 Å². The van der Waals surface area contributed by atoms with Gasteiger partial charge in [0.15, 0.2) is 0 Å². The largest absolute Gasteiger partial charge is 0.354 e. The maximum atomic E-state index is 13.6. The van der Waals surface area contributed by atoms with Gasteiger partial charge in [-0.3, -0.25) is 13.9 Å². The molecule has 35 heavy (non-hydrogen) atoms. The summed E-state index contributed by atoms with van der Waals surface area (Å²) in [4.78, 5) is 28.1. The number of nitrogens with zero attached hydrogens (tertiary/aromatic N) is 2. The van der Waals surface area contributed by atoms with E-state index in [2.05, 4.69) is 5.32 Å². The molecule has 0 aliphatic rings. The third kappa shape index (κ3) is 8.70. The Labute approximate surface area is 218 Å². The molecule has 0 saturated carbocycles. The van der Waals surface area contributed by atoms with E-state index in [-0.39, 0.29) is 28.2 Å². The van der Waals surface area contributed by atoms with Crippen molar-refractivity contribution in [1.29, 1.82) is 0 Å². The Morgan fingerprint density at radius 1 is 1.06 bits per heavy atom. The van der Waals surface area contributed by atoms with Gasteiger partial charge in [0.25, 0.3) is 0 Å². The highest BCUT2D eigenvalue weighted by Gasteiger charge is 2.31. The van der Waals surface area contributed by atoms with Crippen LogP contribution in [0.3, 0.4) is 0 Å². The summed E-state index contributed by atoms with van der Waals surface area (Å²) in [5.74, 6) is -0.774. The summed E-state index contributed by atoms with van der Waals surface area (Å²) in [6.07, 6.45) is 3.13. The third-order valence-electron chi connectivity index (χ3n) is 5.47. The molecule has 0 aliphatic heterocycles. The van der Waals surface area contributed by atoms with Crippen LogP contribution in [-0.4, -0.2) is 50.5 Å². The number of hydrogen-bond donors (Lipinski definition) is 1. The molecule has 2 amide bonds. The van der Waals surface area contributed by atoms with Crippen LogP contribution in [-0.2, 0) is 26.2 Å². The van der Waals surface area contributed by atoms with Gasteiger partial charge in [0.2, 0.25) is 21.8 Å². The number of rotatable bonds is 12. The monoisotopic (exact) mass is 541 g/mol. The molecule has 0 aliphatic carbocycles. The molecule has 0 radical (unpaired) electrons. The summed E-state index contributed by atoms with van der Waals surface area (Å²) >= 11 is 12.2. The number of unbranched alkanes of at least 4 members (excludes halogenated alkanes) is 1. The highest BCUT2D eigenvalue weighted by Crippen LogP contribution is 2.27. The van der Waals surface area contributed by atoms with E-state index in [1.54, 1.807) is 0 Å². The van der Waals surface area contributed by atoms with E-state index in [1.165, 1.54) is 23.1 Å². The number of aryl methyl sites for hydroxylation is 1. The second kappa shape index (κ2) is 13.1. The van der Waals surface area contributed by atoms with E-state index in [0.717, 1.165) is 34.5 Å². The second-order valence-electron chi connectivity index (χ2n) is 8.48. The van der Waals surface area contributed by atoms with E-state index in [9.17, 15) is 18.0 Å². The Kier molecular flexibility index (Phi) is 10.9. The van der Waals surface area contributed by atoms with Gasteiger partial charge in [0.1, 0.15) is 12.6 Å². The minimum absolute atomic E-state index is 0.161. The minimum atomic E-state index is -3.86. The lowest BCUT2D eigenvalue weighted by Gasteiger charge is -2.33. The zero-order chi connectivity index (χ0) is 26.2. The van der Waals surface area contributed by atoms with Gasteiger partial charge >= 0.3 is 0 Å². The van der Waals surface area contributed by atoms with E-state index >= 15 is 0 Å². The Morgan fingerprint density at radius 2 is 1.71 bits per heavy atom. The number of nitrogens with one attached hydrogen (secondary N) is 1. The average Bonchev–Trinajstić information content (AvgIpc) is 2.76. The maximum Gasteiger partial charge on any atom is 0.244 e. The zero-order valence-corrected chi connectivity index (χ0v) is 22.9. The summed E-state index contributed by atoms with van der Waals surface area (Å²) in [5, 5.41) is 3.38. The predicted molar refractivity (Wildman–Crippen MR) is 142 cm³/mol. The second-order valence-corrected chi connectivity index (χ2v) is 11.3. The van der Waals surface area contributed by atoms with Crippen LogP contribution in [0, 0.1) is 6.92 Å². The third-order valence-corrected chi connectivity index (χ3v) is 7.04. The molecule has 0 bridgehead atoms. The van der Waals surface area contributed by atoms with Gasteiger partial charge in [-0.15, -0.1) is 0 Å². The van der Waals surface area contributed by atoms with Crippen molar-refractivity contribution in [2.45, 2.75) is 52.6 Å². The summed E-state index contributed by atoms with van der Waals surface area (Å²) in [5.41, 5.74) is 2.03. The first-order valence-corrected chi connectivity index (χ1v) is 14.1. The number of anilines is 1. The molecule has 0 spiro atoms. The Balaban J connectivity index is 2.43. The van der Waals surface area contributed by atoms with Crippen molar-refractivity contribution in [2.24, 2.45) is 0 Å². The van der Waals surface area contributed by atoms with Crippen molar-refractivity contribution in [3.8, 4) is 0 Å². The molecule has 2 aromatic carbocycles. The van der Waals surface area contributed by atoms with Crippen molar-refractivity contribution in [1.82, 2.24) is 10.2 Å². The number of amides is 2. The van der Waals surface area contributed by atoms with E-state index in [0.29, 0.717) is 13.0 Å². The number of carbonyl (C=O) groups is 2. The number of halogens is 2. The van der Waals surface area contributed by atoms with Crippen LogP contribution in [0.2, 0.25) is 10.0 Å². The highest BCUT2D eigenvalue weighted by molar-refractivity contribution is 7.92. The minimum Gasteiger partial charge on any atom is -0.354 e. The topological polar surface area (TPSA) is 86.8 Å². The molecule has 0 aromatic heterocycles. The van der Waals surface area contributed by atoms with Crippen LogP contribution in [0.5, 0.6) is 0 Å². The Bertz CT molecular complexity index is 1120. The highest BCUT2D eigenvalue weighted by atomic mass is 35.5. The summed E-state index contributed by atoms with van der Waals surface area (Å²) in [6, 6.07) is 11.2. The van der Waals surface area contributed by atoms with E-state index < -0.39 is 28.5 Å². The fraction of sp³-hybridized carbons (Fsp3) is 0.440. The smallest absolute Gasteiger partial charge is 0.244 e. The molecule has 0 unspecified atom stereocenters. The van der Waals surface area contributed by atoms with Crippen molar-refractivity contribution in [3.63, 3.8) is 0 Å². The number of hydrogen-bond acceptors (Lipinski definition) is 4. The van der Waals surface area contributed by atoms with E-state index in [1.807, 2.05) is 45.0 Å². The molecule has 10 heteroatoms. The Hall–Kier alpha value is -2.29. The molecule has 7 nitrogen and oxygen atoms in total. The van der Waals surface area contributed by atoms with Gasteiger partial charge in [-0.2, -0.15) is 0 Å². The summed E-state index contributed by atoms with van der Waals surface area (Å²) < 4.78 is 26.3. The van der Waals surface area contributed by atoms with Gasteiger partial charge < -0.3 is 10.2 Å². The molecule has 2 rings (SSSR count). The first-order valence-electron chi connectivity index (χ1n) is 11.5. The molecular weight excluding hydrogens is 509 g/mol. The van der Waals surface area contributed by atoms with Crippen LogP contribution >= 0.6 is 23.2 Å². The first-order chi connectivity index (χ1) is 16.5. The van der Waals surface area contributed by atoms with Crippen LogP contribution in [0.4, 0.5) is 5.69 Å². The molecule has 0 fully saturated rings. The van der Waals surface area contributed by atoms with Gasteiger partial charge in [-0.25, -0.2) is 8.42 Å².